The summed E-state index contributed by atoms with van der Waals surface area (Å²) >= 11 is 0. The summed E-state index contributed by atoms with van der Waals surface area (Å²) in [6, 6.07) is 17.4. The predicted octanol–water partition coefficient (Wildman–Crippen LogP) is 3.94. The molecule has 0 N–H and O–H groups in total. The highest BCUT2D eigenvalue weighted by molar-refractivity contribution is 5.93. The van der Waals surface area contributed by atoms with Crippen molar-refractivity contribution in [3.8, 4) is 5.75 Å². The molecule has 1 aromatic carbocycles. The Balaban J connectivity index is 1.54. The quantitative estimate of drug-likeness (QED) is 0.677. The molecule has 3 aromatic rings. The van der Waals surface area contributed by atoms with Crippen LogP contribution in [0.4, 0.5) is 0 Å². The van der Waals surface area contributed by atoms with Crippen LogP contribution in [0.15, 0.2) is 54.6 Å². The van der Waals surface area contributed by atoms with Crippen molar-refractivity contribution in [2.75, 3.05) is 6.54 Å². The molecule has 1 aliphatic rings. The summed E-state index contributed by atoms with van der Waals surface area (Å²) in [5, 5.41) is 4.61. The topological polar surface area (TPSA) is 60.2 Å². The number of hydrogen-bond donors (Lipinski definition) is 0. The minimum Gasteiger partial charge on any atom is -0.487 e. The van der Waals surface area contributed by atoms with Gasteiger partial charge in [-0.05, 0) is 51.1 Å². The van der Waals surface area contributed by atoms with Gasteiger partial charge >= 0.3 is 0 Å². The summed E-state index contributed by atoms with van der Waals surface area (Å²) in [6.07, 6.45) is 0. The van der Waals surface area contributed by atoms with Gasteiger partial charge in [-0.3, -0.25) is 14.5 Å². The molecular formula is C22H24N4O2. The van der Waals surface area contributed by atoms with Crippen molar-refractivity contribution in [3.05, 3.63) is 77.4 Å². The molecular weight excluding hydrogens is 352 g/mol. The molecule has 0 bridgehead atoms. The van der Waals surface area contributed by atoms with E-state index in [1.165, 1.54) is 0 Å². The van der Waals surface area contributed by atoms with E-state index in [9.17, 15) is 4.79 Å². The van der Waals surface area contributed by atoms with Crippen LogP contribution in [0.3, 0.4) is 0 Å². The van der Waals surface area contributed by atoms with E-state index in [1.807, 2.05) is 78.0 Å². The number of rotatable bonds is 5. The number of aryl methyl sites for hydroxylation is 1. The molecule has 3 heterocycles. The molecule has 1 aliphatic heterocycles. The van der Waals surface area contributed by atoms with Gasteiger partial charge in [-0.2, -0.15) is 5.10 Å². The second kappa shape index (κ2) is 7.46. The average Bonchev–Trinajstić information content (AvgIpc) is 3.15. The summed E-state index contributed by atoms with van der Waals surface area (Å²) in [4.78, 5) is 19.6. The number of carbonyl (C=O) groups is 1. The van der Waals surface area contributed by atoms with Gasteiger partial charge in [-0.15, -0.1) is 0 Å². The Morgan fingerprint density at radius 1 is 1.18 bits per heavy atom. The Bertz CT molecular complexity index is 983. The number of benzene rings is 1. The number of pyridine rings is 1. The van der Waals surface area contributed by atoms with Gasteiger partial charge in [0.05, 0.1) is 17.8 Å². The number of amides is 1. The molecule has 0 spiro atoms. The van der Waals surface area contributed by atoms with Crippen LogP contribution in [0.1, 0.15) is 53.5 Å². The summed E-state index contributed by atoms with van der Waals surface area (Å²) in [5.74, 6) is 0.765. The summed E-state index contributed by atoms with van der Waals surface area (Å²) < 4.78 is 7.60. The standard InChI is InChI=1S/C22H24N4O2/c1-15-8-7-11-20(23-15)17(3)25-13-16(2)26-21(22(25)27)12-18(24-26)14-28-19-9-5-4-6-10-19/h4-12,16-17H,13-14H2,1-3H3. The smallest absolute Gasteiger partial charge is 0.272 e. The number of ether oxygens (including phenoxy) is 1. The van der Waals surface area contributed by atoms with E-state index >= 15 is 0 Å². The van der Waals surface area contributed by atoms with Gasteiger partial charge in [-0.25, -0.2) is 0 Å². The highest BCUT2D eigenvalue weighted by Gasteiger charge is 2.34. The summed E-state index contributed by atoms with van der Waals surface area (Å²) in [5.41, 5.74) is 3.21. The van der Waals surface area contributed by atoms with Crippen molar-refractivity contribution in [3.63, 3.8) is 0 Å². The van der Waals surface area contributed by atoms with Gasteiger partial charge in [0.15, 0.2) is 0 Å². The molecule has 6 heteroatoms. The van der Waals surface area contributed by atoms with Crippen LogP contribution in [-0.2, 0) is 6.61 Å². The minimum atomic E-state index is -0.0949. The maximum atomic E-state index is 13.1. The van der Waals surface area contributed by atoms with Crippen molar-refractivity contribution in [1.82, 2.24) is 19.7 Å². The number of fused-ring (bicyclic) bond motifs is 1. The van der Waals surface area contributed by atoms with Crippen LogP contribution in [0.2, 0.25) is 0 Å². The first-order chi connectivity index (χ1) is 13.5. The molecule has 0 aliphatic carbocycles. The molecule has 2 aromatic heterocycles. The van der Waals surface area contributed by atoms with Gasteiger partial charge in [0, 0.05) is 12.2 Å². The lowest BCUT2D eigenvalue weighted by atomic mass is 10.1. The minimum absolute atomic E-state index is 0.0210. The highest BCUT2D eigenvalue weighted by atomic mass is 16.5. The molecule has 4 rings (SSSR count). The average molecular weight is 376 g/mol. The van der Waals surface area contributed by atoms with E-state index in [0.717, 1.165) is 22.8 Å². The fraction of sp³-hybridized carbons (Fsp3) is 0.318. The molecule has 0 radical (unpaired) electrons. The van der Waals surface area contributed by atoms with E-state index in [-0.39, 0.29) is 18.0 Å². The maximum absolute atomic E-state index is 13.1. The number of carbonyl (C=O) groups excluding carboxylic acids is 1. The van der Waals surface area contributed by atoms with Crippen molar-refractivity contribution in [1.29, 1.82) is 0 Å². The zero-order valence-corrected chi connectivity index (χ0v) is 16.4. The van der Waals surface area contributed by atoms with E-state index in [4.69, 9.17) is 4.74 Å². The molecule has 28 heavy (non-hydrogen) atoms. The molecule has 2 atom stereocenters. The first-order valence-electron chi connectivity index (χ1n) is 9.53. The van der Waals surface area contributed by atoms with E-state index in [2.05, 4.69) is 17.0 Å². The Morgan fingerprint density at radius 2 is 1.96 bits per heavy atom. The van der Waals surface area contributed by atoms with Gasteiger partial charge in [0.1, 0.15) is 23.7 Å². The summed E-state index contributed by atoms with van der Waals surface area (Å²) in [6.45, 7) is 7.00. The Morgan fingerprint density at radius 3 is 2.71 bits per heavy atom. The third kappa shape index (κ3) is 3.50. The SMILES string of the molecule is Cc1cccc(C(C)N2CC(C)n3nc(COc4ccccc4)cc3C2=O)n1. The Labute approximate surface area is 164 Å². The zero-order chi connectivity index (χ0) is 19.7. The zero-order valence-electron chi connectivity index (χ0n) is 16.4. The van der Waals surface area contributed by atoms with Crippen molar-refractivity contribution in [2.45, 2.75) is 39.5 Å². The van der Waals surface area contributed by atoms with Gasteiger partial charge in [0.2, 0.25) is 0 Å². The Kier molecular flexibility index (Phi) is 4.86. The second-order valence-electron chi connectivity index (χ2n) is 7.25. The van der Waals surface area contributed by atoms with Crippen molar-refractivity contribution in [2.24, 2.45) is 0 Å². The Hall–Kier alpha value is -3.15. The molecule has 2 unspecified atom stereocenters. The van der Waals surface area contributed by atoms with Crippen LogP contribution >= 0.6 is 0 Å². The molecule has 1 amide bonds. The summed E-state index contributed by atoms with van der Waals surface area (Å²) in [7, 11) is 0. The molecule has 0 saturated heterocycles. The number of nitrogens with zero attached hydrogens (tertiary/aromatic N) is 4. The first kappa shape index (κ1) is 18.2. The van der Waals surface area contributed by atoms with Gasteiger partial charge in [-0.1, -0.05) is 24.3 Å². The van der Waals surface area contributed by atoms with Gasteiger partial charge < -0.3 is 9.64 Å². The maximum Gasteiger partial charge on any atom is 0.272 e. The molecule has 0 fully saturated rings. The molecule has 0 saturated carbocycles. The molecule has 144 valence electrons. The number of hydrogen-bond acceptors (Lipinski definition) is 4. The lowest BCUT2D eigenvalue weighted by molar-refractivity contribution is 0.0582. The van der Waals surface area contributed by atoms with Crippen LogP contribution in [0.5, 0.6) is 5.75 Å². The van der Waals surface area contributed by atoms with Crippen LogP contribution in [0, 0.1) is 6.92 Å². The fourth-order valence-electron chi connectivity index (χ4n) is 3.57. The lowest BCUT2D eigenvalue weighted by Gasteiger charge is -2.35. The van der Waals surface area contributed by atoms with Crippen molar-refractivity contribution < 1.29 is 9.53 Å². The van der Waals surface area contributed by atoms with Crippen LogP contribution in [-0.4, -0.2) is 32.1 Å². The third-order valence-corrected chi connectivity index (χ3v) is 5.08. The van der Waals surface area contributed by atoms with E-state index < -0.39 is 0 Å². The number of para-hydroxylation sites is 1. The lowest BCUT2D eigenvalue weighted by Crippen LogP contribution is -2.43. The van der Waals surface area contributed by atoms with Gasteiger partial charge in [0.25, 0.3) is 5.91 Å². The highest BCUT2D eigenvalue weighted by Crippen LogP contribution is 2.29. The van der Waals surface area contributed by atoms with E-state index in [0.29, 0.717) is 18.8 Å². The normalized spacial score (nSPS) is 17.3. The second-order valence-corrected chi connectivity index (χ2v) is 7.25. The van der Waals surface area contributed by atoms with Crippen LogP contribution in [0.25, 0.3) is 0 Å². The van der Waals surface area contributed by atoms with Crippen LogP contribution < -0.4 is 4.74 Å². The van der Waals surface area contributed by atoms with E-state index in [1.54, 1.807) is 0 Å². The monoisotopic (exact) mass is 376 g/mol. The third-order valence-electron chi connectivity index (χ3n) is 5.08. The predicted molar refractivity (Wildman–Crippen MR) is 106 cm³/mol. The fourth-order valence-corrected chi connectivity index (χ4v) is 3.57. The molecule has 6 nitrogen and oxygen atoms in total. The largest absolute Gasteiger partial charge is 0.487 e. The number of aromatic nitrogens is 3. The van der Waals surface area contributed by atoms with Crippen molar-refractivity contribution >= 4 is 5.91 Å². The first-order valence-corrected chi connectivity index (χ1v) is 9.53.